The molecule has 1 amide bonds. The van der Waals surface area contributed by atoms with Crippen LogP contribution in [0.5, 0.6) is 5.75 Å². The second kappa shape index (κ2) is 6.76. The van der Waals surface area contributed by atoms with E-state index in [1.807, 2.05) is 31.2 Å². The van der Waals surface area contributed by atoms with E-state index in [1.54, 1.807) is 24.3 Å². The highest BCUT2D eigenvalue weighted by Gasteiger charge is 2.13. The number of ether oxygens (including phenoxy) is 1. The fraction of sp³-hybridized carbons (Fsp3) is 0.176. The largest absolute Gasteiger partial charge is 0.479 e. The number of anilines is 1. The van der Waals surface area contributed by atoms with E-state index in [4.69, 9.17) is 9.84 Å². The molecule has 0 heterocycles. The summed E-state index contributed by atoms with van der Waals surface area (Å²) in [4.78, 5) is 22.9. The molecule has 0 saturated heterocycles. The SMILES string of the molecule is Cc1ccccc1NC(=O)c1ccc(O[C@H](C)C(=O)O)cc1. The first-order valence-electron chi connectivity index (χ1n) is 6.84. The number of benzene rings is 2. The van der Waals surface area contributed by atoms with Crippen molar-refractivity contribution in [3.8, 4) is 5.75 Å². The molecular weight excluding hydrogens is 282 g/mol. The summed E-state index contributed by atoms with van der Waals surface area (Å²) < 4.78 is 5.22. The molecule has 0 aliphatic carbocycles. The van der Waals surface area contributed by atoms with Crippen molar-refractivity contribution in [2.24, 2.45) is 0 Å². The lowest BCUT2D eigenvalue weighted by Crippen LogP contribution is -2.22. The maximum absolute atomic E-state index is 12.2. The van der Waals surface area contributed by atoms with Crippen LogP contribution in [0.15, 0.2) is 48.5 Å². The topological polar surface area (TPSA) is 75.6 Å². The second-order valence-electron chi connectivity index (χ2n) is 4.89. The third kappa shape index (κ3) is 3.85. The predicted octanol–water partition coefficient (Wildman–Crippen LogP) is 3.10. The molecule has 2 aromatic rings. The fourth-order valence-electron chi connectivity index (χ4n) is 1.85. The van der Waals surface area contributed by atoms with E-state index in [0.29, 0.717) is 11.3 Å². The van der Waals surface area contributed by atoms with E-state index in [9.17, 15) is 9.59 Å². The van der Waals surface area contributed by atoms with Crippen molar-refractivity contribution in [2.75, 3.05) is 5.32 Å². The van der Waals surface area contributed by atoms with Crippen molar-refractivity contribution in [3.63, 3.8) is 0 Å². The van der Waals surface area contributed by atoms with Crippen LogP contribution in [0.25, 0.3) is 0 Å². The smallest absolute Gasteiger partial charge is 0.344 e. The Labute approximate surface area is 128 Å². The number of carbonyl (C=O) groups excluding carboxylic acids is 1. The predicted molar refractivity (Wildman–Crippen MR) is 83.3 cm³/mol. The van der Waals surface area contributed by atoms with Crippen LogP contribution < -0.4 is 10.1 Å². The number of amides is 1. The zero-order chi connectivity index (χ0) is 16.1. The molecule has 1 atom stereocenters. The number of para-hydroxylation sites is 1. The van der Waals surface area contributed by atoms with Gasteiger partial charge in [0.1, 0.15) is 5.75 Å². The lowest BCUT2D eigenvalue weighted by molar-refractivity contribution is -0.144. The van der Waals surface area contributed by atoms with Crippen LogP contribution in [-0.2, 0) is 4.79 Å². The second-order valence-corrected chi connectivity index (χ2v) is 4.89. The minimum atomic E-state index is -1.04. The van der Waals surface area contributed by atoms with E-state index in [-0.39, 0.29) is 5.91 Å². The number of aryl methyl sites for hydroxylation is 1. The third-order valence-electron chi connectivity index (χ3n) is 3.17. The van der Waals surface area contributed by atoms with Crippen LogP contribution in [0, 0.1) is 6.92 Å². The van der Waals surface area contributed by atoms with Crippen LogP contribution in [0.2, 0.25) is 0 Å². The Bertz CT molecular complexity index is 679. The van der Waals surface area contributed by atoms with Gasteiger partial charge in [0, 0.05) is 11.3 Å². The van der Waals surface area contributed by atoms with E-state index < -0.39 is 12.1 Å². The standard InChI is InChI=1S/C17H17NO4/c1-11-5-3-4-6-15(11)18-16(19)13-7-9-14(10-8-13)22-12(2)17(20)21/h3-10,12H,1-2H3,(H,18,19)(H,20,21)/t12-/m1/s1. The molecular formula is C17H17NO4. The third-order valence-corrected chi connectivity index (χ3v) is 3.17. The molecule has 0 saturated carbocycles. The minimum absolute atomic E-state index is 0.230. The van der Waals surface area contributed by atoms with Crippen molar-refractivity contribution < 1.29 is 19.4 Å². The maximum atomic E-state index is 12.2. The lowest BCUT2D eigenvalue weighted by atomic mass is 10.1. The zero-order valence-electron chi connectivity index (χ0n) is 12.4. The summed E-state index contributed by atoms with van der Waals surface area (Å²) in [5, 5.41) is 11.6. The summed E-state index contributed by atoms with van der Waals surface area (Å²) in [5.74, 6) is -0.865. The molecule has 0 aliphatic heterocycles. The van der Waals surface area contributed by atoms with Gasteiger partial charge in [0.2, 0.25) is 0 Å². The highest BCUT2D eigenvalue weighted by atomic mass is 16.5. The number of carbonyl (C=O) groups is 2. The summed E-state index contributed by atoms with van der Waals surface area (Å²) in [5.41, 5.74) is 2.21. The summed E-state index contributed by atoms with van der Waals surface area (Å²) in [6.07, 6.45) is -0.938. The van der Waals surface area contributed by atoms with E-state index in [1.165, 1.54) is 6.92 Å². The van der Waals surface area contributed by atoms with E-state index in [2.05, 4.69) is 5.32 Å². The maximum Gasteiger partial charge on any atom is 0.344 e. The van der Waals surface area contributed by atoms with Gasteiger partial charge in [0.25, 0.3) is 5.91 Å². The number of carboxylic acids is 1. The van der Waals surface area contributed by atoms with Crippen molar-refractivity contribution in [1.82, 2.24) is 0 Å². The average Bonchev–Trinajstić information content (AvgIpc) is 2.50. The van der Waals surface area contributed by atoms with Gasteiger partial charge in [-0.1, -0.05) is 18.2 Å². The number of hydrogen-bond donors (Lipinski definition) is 2. The minimum Gasteiger partial charge on any atom is -0.479 e. The van der Waals surface area contributed by atoms with Crippen molar-refractivity contribution in [1.29, 1.82) is 0 Å². The Morgan fingerprint density at radius 1 is 1.09 bits per heavy atom. The number of rotatable bonds is 5. The molecule has 0 aliphatic rings. The fourth-order valence-corrected chi connectivity index (χ4v) is 1.85. The van der Waals surface area contributed by atoms with Crippen LogP contribution >= 0.6 is 0 Å². The molecule has 22 heavy (non-hydrogen) atoms. The van der Waals surface area contributed by atoms with Gasteiger partial charge in [-0.15, -0.1) is 0 Å². The molecule has 0 radical (unpaired) electrons. The molecule has 114 valence electrons. The van der Waals surface area contributed by atoms with Crippen LogP contribution in [0.4, 0.5) is 5.69 Å². The van der Waals surface area contributed by atoms with Crippen molar-refractivity contribution in [3.05, 3.63) is 59.7 Å². The molecule has 2 rings (SSSR count). The molecule has 0 spiro atoms. The first-order chi connectivity index (χ1) is 10.5. The molecule has 0 bridgehead atoms. The molecule has 5 heteroatoms. The summed E-state index contributed by atoms with van der Waals surface area (Å²) in [6, 6.07) is 13.8. The molecule has 0 fully saturated rings. The first kappa shape index (κ1) is 15.6. The quantitative estimate of drug-likeness (QED) is 0.889. The molecule has 0 aromatic heterocycles. The Hall–Kier alpha value is -2.82. The van der Waals surface area contributed by atoms with Gasteiger partial charge in [-0.25, -0.2) is 4.79 Å². The number of nitrogens with one attached hydrogen (secondary N) is 1. The van der Waals surface area contributed by atoms with Crippen molar-refractivity contribution in [2.45, 2.75) is 20.0 Å². The van der Waals surface area contributed by atoms with Gasteiger partial charge in [0.15, 0.2) is 6.10 Å². The van der Waals surface area contributed by atoms with Gasteiger partial charge in [0.05, 0.1) is 0 Å². The lowest BCUT2D eigenvalue weighted by Gasteiger charge is -2.11. The Morgan fingerprint density at radius 2 is 1.73 bits per heavy atom. The molecule has 2 aromatic carbocycles. The summed E-state index contributed by atoms with van der Waals surface area (Å²) >= 11 is 0. The summed E-state index contributed by atoms with van der Waals surface area (Å²) in [6.45, 7) is 3.36. The summed E-state index contributed by atoms with van der Waals surface area (Å²) in [7, 11) is 0. The first-order valence-corrected chi connectivity index (χ1v) is 6.84. The highest BCUT2D eigenvalue weighted by Crippen LogP contribution is 2.17. The average molecular weight is 299 g/mol. The Morgan fingerprint density at radius 3 is 2.32 bits per heavy atom. The molecule has 0 unspecified atom stereocenters. The van der Waals surface area contributed by atoms with Crippen LogP contribution in [0.1, 0.15) is 22.8 Å². The Kier molecular flexibility index (Phi) is 4.78. The van der Waals surface area contributed by atoms with Gasteiger partial charge in [-0.2, -0.15) is 0 Å². The van der Waals surface area contributed by atoms with Gasteiger partial charge < -0.3 is 15.2 Å². The molecule has 5 nitrogen and oxygen atoms in total. The van der Waals surface area contributed by atoms with Crippen LogP contribution in [-0.4, -0.2) is 23.1 Å². The number of hydrogen-bond acceptors (Lipinski definition) is 3. The number of carboxylic acid groups (broad SMARTS) is 1. The van der Waals surface area contributed by atoms with Crippen LogP contribution in [0.3, 0.4) is 0 Å². The monoisotopic (exact) mass is 299 g/mol. The van der Waals surface area contributed by atoms with E-state index >= 15 is 0 Å². The van der Waals surface area contributed by atoms with Gasteiger partial charge in [-0.05, 0) is 49.7 Å². The van der Waals surface area contributed by atoms with Crippen molar-refractivity contribution >= 4 is 17.6 Å². The molecule has 2 N–H and O–H groups in total. The normalized spacial score (nSPS) is 11.5. The number of aliphatic carboxylic acids is 1. The highest BCUT2D eigenvalue weighted by molar-refractivity contribution is 6.04. The Balaban J connectivity index is 2.05. The van der Waals surface area contributed by atoms with E-state index in [0.717, 1.165) is 11.3 Å². The zero-order valence-corrected chi connectivity index (χ0v) is 12.4. The van der Waals surface area contributed by atoms with Gasteiger partial charge in [-0.3, -0.25) is 4.79 Å². The van der Waals surface area contributed by atoms with Gasteiger partial charge >= 0.3 is 5.97 Å².